The summed E-state index contributed by atoms with van der Waals surface area (Å²) in [4.78, 5) is 72.4. The van der Waals surface area contributed by atoms with Gasteiger partial charge < -0.3 is 35.1 Å². The van der Waals surface area contributed by atoms with Crippen LogP contribution in [0.15, 0.2) is 49.3 Å². The molecule has 0 radical (unpaired) electrons. The van der Waals surface area contributed by atoms with Gasteiger partial charge in [-0.1, -0.05) is 39.8 Å². The average molecular weight is 678 g/mol. The molecule has 6 rings (SSSR count). The number of nitrogens with one attached hydrogen (secondary N) is 5. The molecular formula is C36H43N11O3. The second-order valence-corrected chi connectivity index (χ2v) is 12.7. The highest BCUT2D eigenvalue weighted by Crippen LogP contribution is 2.38. The molecule has 0 atom stereocenters. The lowest BCUT2D eigenvalue weighted by molar-refractivity contribution is -0.134. The molecule has 0 saturated carbocycles. The van der Waals surface area contributed by atoms with Gasteiger partial charge in [0.25, 0.3) is 0 Å². The molecule has 50 heavy (non-hydrogen) atoms. The van der Waals surface area contributed by atoms with Crippen molar-refractivity contribution in [2.45, 2.75) is 60.5 Å². The number of carbonyl (C=O) groups is 3. The van der Waals surface area contributed by atoms with E-state index in [0.29, 0.717) is 37.8 Å². The fourth-order valence-corrected chi connectivity index (χ4v) is 6.13. The van der Waals surface area contributed by atoms with Crippen molar-refractivity contribution in [3.05, 3.63) is 61.0 Å². The standard InChI is InChI=1S/C36H43N11O3/c1-6-12-46(22(5)48)17-29-37-14-27(44-29)25-10-8-23(32-34(25)42-19-40-32)24-9-11-26(35-33(24)41-20-43-35)28-15-38-30(45-28)18-47(13-7-2)31(49)16-39-36(50)21(3)4/h8-11,14-15,19-21H,6-7,12-13,16-18H2,1-5H3,(H,37,44)(H,38,45)(H,39,50)(H,40,42)(H,41,43). The first-order valence-electron chi connectivity index (χ1n) is 17.0. The van der Waals surface area contributed by atoms with E-state index in [0.717, 1.165) is 68.6 Å². The molecule has 6 aromatic rings. The minimum Gasteiger partial charge on any atom is -0.347 e. The summed E-state index contributed by atoms with van der Waals surface area (Å²) in [5.41, 5.74) is 8.55. The summed E-state index contributed by atoms with van der Waals surface area (Å²) in [5.74, 6) is 0.868. The summed E-state index contributed by atoms with van der Waals surface area (Å²) in [6.07, 6.45) is 8.55. The Bertz CT molecular complexity index is 2140. The van der Waals surface area contributed by atoms with Gasteiger partial charge in [0.1, 0.15) is 11.6 Å². The number of H-pyrrole nitrogens is 4. The molecule has 4 heterocycles. The van der Waals surface area contributed by atoms with Crippen LogP contribution >= 0.6 is 0 Å². The number of fused-ring (bicyclic) bond motifs is 2. The van der Waals surface area contributed by atoms with Gasteiger partial charge in [-0.2, -0.15) is 0 Å². The van der Waals surface area contributed by atoms with E-state index in [2.05, 4.69) is 51.3 Å². The van der Waals surface area contributed by atoms with E-state index in [1.54, 1.807) is 55.6 Å². The quantitative estimate of drug-likeness (QED) is 0.105. The first-order valence-corrected chi connectivity index (χ1v) is 17.0. The van der Waals surface area contributed by atoms with Gasteiger partial charge in [-0.15, -0.1) is 0 Å². The van der Waals surface area contributed by atoms with Crippen molar-refractivity contribution in [1.82, 2.24) is 55.0 Å². The molecule has 0 bridgehead atoms. The zero-order chi connectivity index (χ0) is 35.4. The Morgan fingerprint density at radius 3 is 1.68 bits per heavy atom. The third-order valence-electron chi connectivity index (χ3n) is 8.69. The number of hydrogen-bond donors (Lipinski definition) is 5. The molecule has 0 saturated heterocycles. The second-order valence-electron chi connectivity index (χ2n) is 12.7. The van der Waals surface area contributed by atoms with Crippen LogP contribution < -0.4 is 5.32 Å². The summed E-state index contributed by atoms with van der Waals surface area (Å²) in [6, 6.07) is 8.15. The van der Waals surface area contributed by atoms with Gasteiger partial charge in [0, 0.05) is 48.2 Å². The van der Waals surface area contributed by atoms with Gasteiger partial charge in [-0.25, -0.2) is 19.9 Å². The maximum Gasteiger partial charge on any atom is 0.242 e. The van der Waals surface area contributed by atoms with Gasteiger partial charge in [0.15, 0.2) is 0 Å². The molecule has 0 aliphatic heterocycles. The van der Waals surface area contributed by atoms with Crippen molar-refractivity contribution < 1.29 is 14.4 Å². The normalized spacial score (nSPS) is 11.5. The van der Waals surface area contributed by atoms with Gasteiger partial charge in [-0.05, 0) is 25.0 Å². The van der Waals surface area contributed by atoms with Crippen molar-refractivity contribution in [1.29, 1.82) is 0 Å². The number of aromatic amines is 4. The number of imidazole rings is 4. The Morgan fingerprint density at radius 2 is 1.20 bits per heavy atom. The van der Waals surface area contributed by atoms with Gasteiger partial charge in [-0.3, -0.25) is 14.4 Å². The largest absolute Gasteiger partial charge is 0.347 e. The summed E-state index contributed by atoms with van der Waals surface area (Å²) in [7, 11) is 0. The van der Waals surface area contributed by atoms with Crippen LogP contribution in [-0.2, 0) is 27.5 Å². The Hall–Kier alpha value is -5.79. The van der Waals surface area contributed by atoms with Crippen LogP contribution in [0.25, 0.3) is 55.7 Å². The molecule has 0 unspecified atom stereocenters. The average Bonchev–Trinajstić information content (AvgIpc) is 3.93. The number of aromatic nitrogens is 8. The van der Waals surface area contributed by atoms with Crippen LogP contribution in [0.5, 0.6) is 0 Å². The maximum atomic E-state index is 12.9. The molecular weight excluding hydrogens is 634 g/mol. The van der Waals surface area contributed by atoms with Crippen molar-refractivity contribution in [2.24, 2.45) is 5.92 Å². The van der Waals surface area contributed by atoms with E-state index in [9.17, 15) is 14.4 Å². The number of rotatable bonds is 14. The molecule has 14 nitrogen and oxygen atoms in total. The molecule has 0 aliphatic carbocycles. The third kappa shape index (κ3) is 7.00. The van der Waals surface area contributed by atoms with E-state index < -0.39 is 0 Å². The minimum absolute atomic E-state index is 0.0170. The van der Waals surface area contributed by atoms with Gasteiger partial charge in [0.2, 0.25) is 17.7 Å². The minimum atomic E-state index is -0.192. The highest BCUT2D eigenvalue weighted by atomic mass is 16.2. The molecule has 260 valence electrons. The number of hydrogen-bond acceptors (Lipinski definition) is 7. The highest BCUT2D eigenvalue weighted by Gasteiger charge is 2.21. The number of amides is 3. The molecule has 5 N–H and O–H groups in total. The lowest BCUT2D eigenvalue weighted by Gasteiger charge is -2.21. The number of carbonyl (C=O) groups excluding carboxylic acids is 3. The first-order chi connectivity index (χ1) is 24.2. The van der Waals surface area contributed by atoms with Crippen LogP contribution in [-0.4, -0.2) is 87.0 Å². The Balaban J connectivity index is 1.25. The third-order valence-corrected chi connectivity index (χ3v) is 8.69. The molecule has 0 fully saturated rings. The lowest BCUT2D eigenvalue weighted by Crippen LogP contribution is -2.41. The van der Waals surface area contributed by atoms with Crippen molar-refractivity contribution in [3.63, 3.8) is 0 Å². The molecule has 4 aromatic heterocycles. The monoisotopic (exact) mass is 677 g/mol. The lowest BCUT2D eigenvalue weighted by atomic mass is 9.97. The van der Waals surface area contributed by atoms with E-state index in [1.807, 2.05) is 32.0 Å². The second kappa shape index (κ2) is 14.8. The predicted molar refractivity (Wildman–Crippen MR) is 191 cm³/mol. The fourth-order valence-electron chi connectivity index (χ4n) is 6.13. The number of nitrogens with zero attached hydrogens (tertiary/aromatic N) is 6. The SMILES string of the molecule is CCCN(Cc1ncc(-c2ccc(-c3ccc(-c4cnc(CN(CCC)C(=O)CNC(=O)C(C)C)[nH]4)c4nc[nH]c34)c3[nH]cnc23)[nH]1)C(C)=O. The highest BCUT2D eigenvalue weighted by molar-refractivity contribution is 6.07. The van der Waals surface area contributed by atoms with Crippen LogP contribution in [0, 0.1) is 5.92 Å². The van der Waals surface area contributed by atoms with Crippen molar-refractivity contribution >= 4 is 39.8 Å². The first kappa shape index (κ1) is 34.1. The summed E-state index contributed by atoms with van der Waals surface area (Å²) < 4.78 is 0. The fraction of sp³-hybridized carbons (Fsp3) is 0.361. The Morgan fingerprint density at radius 1 is 0.720 bits per heavy atom. The Labute approximate surface area is 289 Å². The van der Waals surface area contributed by atoms with Gasteiger partial charge >= 0.3 is 0 Å². The summed E-state index contributed by atoms with van der Waals surface area (Å²) >= 11 is 0. The summed E-state index contributed by atoms with van der Waals surface area (Å²) in [6.45, 7) is 11.1. The van der Waals surface area contributed by atoms with Crippen LogP contribution in [0.3, 0.4) is 0 Å². The van der Waals surface area contributed by atoms with E-state index in [-0.39, 0.29) is 30.2 Å². The molecule has 0 spiro atoms. The molecule has 14 heteroatoms. The smallest absolute Gasteiger partial charge is 0.242 e. The zero-order valence-electron chi connectivity index (χ0n) is 29.1. The van der Waals surface area contributed by atoms with E-state index in [1.165, 1.54) is 0 Å². The summed E-state index contributed by atoms with van der Waals surface area (Å²) in [5, 5.41) is 2.71. The number of benzene rings is 2. The molecule has 3 amide bonds. The van der Waals surface area contributed by atoms with Crippen LogP contribution in [0.4, 0.5) is 0 Å². The van der Waals surface area contributed by atoms with Crippen molar-refractivity contribution in [2.75, 3.05) is 19.6 Å². The van der Waals surface area contributed by atoms with E-state index >= 15 is 0 Å². The Kier molecular flexibility index (Phi) is 10.1. The maximum absolute atomic E-state index is 12.9. The van der Waals surface area contributed by atoms with Crippen molar-refractivity contribution in [3.8, 4) is 33.6 Å². The zero-order valence-corrected chi connectivity index (χ0v) is 29.1. The topological polar surface area (TPSA) is 184 Å². The molecule has 0 aliphatic rings. The predicted octanol–water partition coefficient (Wildman–Crippen LogP) is 5.16. The molecule has 2 aromatic carbocycles. The van der Waals surface area contributed by atoms with Gasteiger partial charge in [0.05, 0.1) is 78.1 Å². The van der Waals surface area contributed by atoms with E-state index in [4.69, 9.17) is 0 Å². The van der Waals surface area contributed by atoms with Crippen LogP contribution in [0.1, 0.15) is 59.1 Å². The van der Waals surface area contributed by atoms with Crippen LogP contribution in [0.2, 0.25) is 0 Å².